The molecule has 4 rings (SSSR count). The summed E-state index contributed by atoms with van der Waals surface area (Å²) >= 11 is 0. The molecule has 0 amide bonds. The number of pyridine rings is 3. The van der Waals surface area contributed by atoms with Gasteiger partial charge in [0.2, 0.25) is 0 Å². The minimum absolute atomic E-state index is 0.00843. The minimum atomic E-state index is -0.0560. The molecule has 4 aromatic rings. The van der Waals surface area contributed by atoms with E-state index in [9.17, 15) is 0 Å². The lowest BCUT2D eigenvalue weighted by Gasteiger charge is -2.27. The number of rotatable bonds is 5. The van der Waals surface area contributed by atoms with Crippen molar-refractivity contribution in [2.24, 2.45) is 0 Å². The number of anilines is 1. The Labute approximate surface area is 158 Å². The van der Waals surface area contributed by atoms with Crippen LogP contribution in [0.15, 0.2) is 97.5 Å². The predicted octanol–water partition coefficient (Wildman–Crippen LogP) is 4.42. The van der Waals surface area contributed by atoms with Crippen LogP contribution < -0.4 is 5.73 Å². The Morgan fingerprint density at radius 1 is 0.630 bits per heavy atom. The van der Waals surface area contributed by atoms with E-state index < -0.39 is 0 Å². The van der Waals surface area contributed by atoms with Crippen LogP contribution in [0.1, 0.15) is 34.4 Å². The standard InChI is InChI=1S/C23H20N4/c24-21-13-6-12-20(27-21)23(18-10-7-14-25-16-18)22(17-8-2-1-3-9-17)19-11-4-5-15-26-19/h1-16,22-23H,(H2,24,27)/t22-,23?/m1/s1. The fourth-order valence-electron chi connectivity index (χ4n) is 3.49. The Morgan fingerprint density at radius 3 is 2.07 bits per heavy atom. The normalized spacial score (nSPS) is 13.0. The van der Waals surface area contributed by atoms with Gasteiger partial charge in [-0.15, -0.1) is 0 Å². The first-order valence-corrected chi connectivity index (χ1v) is 8.91. The second-order valence-electron chi connectivity index (χ2n) is 6.39. The molecule has 27 heavy (non-hydrogen) atoms. The van der Waals surface area contributed by atoms with Crippen LogP contribution in [-0.4, -0.2) is 15.0 Å². The Balaban J connectivity index is 1.94. The molecule has 0 saturated carbocycles. The Hall–Kier alpha value is -3.53. The maximum Gasteiger partial charge on any atom is 0.123 e. The topological polar surface area (TPSA) is 64.7 Å². The largest absolute Gasteiger partial charge is 0.384 e. The molecule has 0 bridgehead atoms. The van der Waals surface area contributed by atoms with Crippen LogP contribution in [0, 0.1) is 0 Å². The predicted molar refractivity (Wildman–Crippen MR) is 107 cm³/mol. The molecule has 0 saturated heterocycles. The lowest BCUT2D eigenvalue weighted by Crippen LogP contribution is -2.17. The van der Waals surface area contributed by atoms with Gasteiger partial charge in [-0.2, -0.15) is 0 Å². The summed E-state index contributed by atoms with van der Waals surface area (Å²) in [7, 11) is 0. The zero-order valence-electron chi connectivity index (χ0n) is 14.8. The molecule has 132 valence electrons. The van der Waals surface area contributed by atoms with Crippen molar-refractivity contribution in [2.45, 2.75) is 11.8 Å². The number of benzene rings is 1. The lowest BCUT2D eigenvalue weighted by molar-refractivity contribution is 0.656. The minimum Gasteiger partial charge on any atom is -0.384 e. The van der Waals surface area contributed by atoms with Gasteiger partial charge >= 0.3 is 0 Å². The van der Waals surface area contributed by atoms with Crippen LogP contribution in [0.5, 0.6) is 0 Å². The first-order valence-electron chi connectivity index (χ1n) is 8.91. The number of hydrogen-bond donors (Lipinski definition) is 1. The molecule has 0 aliphatic carbocycles. The number of nitrogen functional groups attached to an aromatic ring is 1. The van der Waals surface area contributed by atoms with Gasteiger partial charge < -0.3 is 5.73 Å². The molecule has 1 aromatic carbocycles. The van der Waals surface area contributed by atoms with Gasteiger partial charge in [0.25, 0.3) is 0 Å². The summed E-state index contributed by atoms with van der Waals surface area (Å²) < 4.78 is 0. The van der Waals surface area contributed by atoms with Gasteiger partial charge in [0.05, 0.1) is 5.69 Å². The van der Waals surface area contributed by atoms with Gasteiger partial charge in [-0.3, -0.25) is 9.97 Å². The van der Waals surface area contributed by atoms with E-state index in [2.05, 4.69) is 51.4 Å². The molecule has 0 aliphatic heterocycles. The van der Waals surface area contributed by atoms with Gasteiger partial charge in [0.1, 0.15) is 5.82 Å². The highest BCUT2D eigenvalue weighted by atomic mass is 14.8. The van der Waals surface area contributed by atoms with E-state index in [1.807, 2.05) is 54.9 Å². The molecule has 4 nitrogen and oxygen atoms in total. The Morgan fingerprint density at radius 2 is 1.37 bits per heavy atom. The zero-order valence-corrected chi connectivity index (χ0v) is 14.8. The summed E-state index contributed by atoms with van der Waals surface area (Å²) in [5, 5.41) is 0. The smallest absolute Gasteiger partial charge is 0.123 e. The summed E-state index contributed by atoms with van der Waals surface area (Å²) in [4.78, 5) is 13.7. The van der Waals surface area contributed by atoms with Gasteiger partial charge in [-0.25, -0.2) is 4.98 Å². The van der Waals surface area contributed by atoms with Gasteiger partial charge in [0.15, 0.2) is 0 Å². The molecule has 0 fully saturated rings. The summed E-state index contributed by atoms with van der Waals surface area (Å²) in [5.41, 5.74) is 10.2. The zero-order chi connectivity index (χ0) is 18.5. The van der Waals surface area contributed by atoms with Crippen molar-refractivity contribution < 1.29 is 0 Å². The maximum absolute atomic E-state index is 6.01. The van der Waals surface area contributed by atoms with Crippen LogP contribution in [0.2, 0.25) is 0 Å². The van der Waals surface area contributed by atoms with E-state index in [1.54, 1.807) is 6.20 Å². The van der Waals surface area contributed by atoms with E-state index in [0.717, 1.165) is 17.0 Å². The third-order valence-electron chi connectivity index (χ3n) is 4.65. The molecule has 0 aliphatic rings. The van der Waals surface area contributed by atoms with Crippen molar-refractivity contribution in [3.05, 3.63) is 120 Å². The van der Waals surface area contributed by atoms with Crippen LogP contribution >= 0.6 is 0 Å². The number of nitrogens with zero attached hydrogens (tertiary/aromatic N) is 3. The summed E-state index contributed by atoms with van der Waals surface area (Å²) in [6.07, 6.45) is 5.51. The van der Waals surface area contributed by atoms with Crippen LogP contribution in [0.3, 0.4) is 0 Å². The fraction of sp³-hybridized carbons (Fsp3) is 0.0870. The second kappa shape index (κ2) is 7.79. The monoisotopic (exact) mass is 352 g/mol. The average molecular weight is 352 g/mol. The van der Waals surface area contributed by atoms with Crippen molar-refractivity contribution in [1.29, 1.82) is 0 Å². The Bertz CT molecular complexity index is 949. The summed E-state index contributed by atoms with van der Waals surface area (Å²) in [5.74, 6) is 0.444. The van der Waals surface area contributed by atoms with Crippen LogP contribution in [0.4, 0.5) is 5.82 Å². The van der Waals surface area contributed by atoms with Crippen molar-refractivity contribution in [3.63, 3.8) is 0 Å². The molecule has 0 spiro atoms. The summed E-state index contributed by atoms with van der Waals surface area (Å²) in [6.45, 7) is 0. The van der Waals surface area contributed by atoms with Crippen molar-refractivity contribution in [2.75, 3.05) is 5.73 Å². The van der Waals surface area contributed by atoms with Crippen LogP contribution in [0.25, 0.3) is 0 Å². The number of nitrogens with two attached hydrogens (primary N) is 1. The van der Waals surface area contributed by atoms with Gasteiger partial charge in [0, 0.05) is 36.1 Å². The van der Waals surface area contributed by atoms with Gasteiger partial charge in [-0.1, -0.05) is 48.5 Å². The van der Waals surface area contributed by atoms with E-state index >= 15 is 0 Å². The third-order valence-corrected chi connectivity index (χ3v) is 4.65. The first-order chi connectivity index (χ1) is 13.3. The van der Waals surface area contributed by atoms with E-state index in [4.69, 9.17) is 5.73 Å². The number of hydrogen-bond acceptors (Lipinski definition) is 4. The quantitative estimate of drug-likeness (QED) is 0.577. The molecule has 4 heteroatoms. The van der Waals surface area contributed by atoms with Crippen LogP contribution in [-0.2, 0) is 0 Å². The van der Waals surface area contributed by atoms with E-state index in [1.165, 1.54) is 5.56 Å². The van der Waals surface area contributed by atoms with Crippen molar-refractivity contribution in [1.82, 2.24) is 15.0 Å². The highest BCUT2D eigenvalue weighted by molar-refractivity contribution is 5.42. The fourth-order valence-corrected chi connectivity index (χ4v) is 3.49. The summed E-state index contributed by atoms with van der Waals surface area (Å²) in [6, 6.07) is 26.2. The van der Waals surface area contributed by atoms with E-state index in [-0.39, 0.29) is 11.8 Å². The number of aromatic nitrogens is 3. The molecule has 3 aromatic heterocycles. The highest BCUT2D eigenvalue weighted by Crippen LogP contribution is 2.41. The highest BCUT2D eigenvalue weighted by Gasteiger charge is 2.30. The second-order valence-corrected chi connectivity index (χ2v) is 6.39. The molecule has 1 unspecified atom stereocenters. The van der Waals surface area contributed by atoms with Crippen molar-refractivity contribution >= 4 is 5.82 Å². The van der Waals surface area contributed by atoms with E-state index in [0.29, 0.717) is 5.82 Å². The average Bonchev–Trinajstić information content (AvgIpc) is 2.74. The molecular weight excluding hydrogens is 332 g/mol. The maximum atomic E-state index is 6.01. The molecular formula is C23H20N4. The molecule has 2 atom stereocenters. The molecule has 0 radical (unpaired) electrons. The molecule has 2 N–H and O–H groups in total. The SMILES string of the molecule is Nc1cccc(C(c2cccnc2)[C@H](c2ccccc2)c2ccccn2)n1. The third kappa shape index (κ3) is 3.70. The molecule has 3 heterocycles. The van der Waals surface area contributed by atoms with Crippen molar-refractivity contribution in [3.8, 4) is 0 Å². The Kier molecular flexibility index (Phi) is 4.88. The first kappa shape index (κ1) is 16.9. The lowest BCUT2D eigenvalue weighted by atomic mass is 9.77. The van der Waals surface area contributed by atoms with Gasteiger partial charge in [-0.05, 0) is 41.5 Å².